The molecule has 3 rings (SSSR count). The molecule has 1 aliphatic rings. The summed E-state index contributed by atoms with van der Waals surface area (Å²) in [4.78, 5) is 10.6. The van der Waals surface area contributed by atoms with Gasteiger partial charge in [-0.1, -0.05) is 18.2 Å². The molecule has 2 aromatic rings. The van der Waals surface area contributed by atoms with Crippen LogP contribution in [0, 0.1) is 10.1 Å². The third-order valence-corrected chi connectivity index (χ3v) is 2.78. The van der Waals surface area contributed by atoms with Gasteiger partial charge in [0.25, 0.3) is 5.69 Å². The van der Waals surface area contributed by atoms with E-state index in [4.69, 9.17) is 9.47 Å². The fourth-order valence-electron chi connectivity index (χ4n) is 1.94. The molecule has 0 fully saturated rings. The van der Waals surface area contributed by atoms with Crippen LogP contribution in [0.25, 0.3) is 11.1 Å². The number of hydrogen-bond acceptors (Lipinski definition) is 4. The Morgan fingerprint density at radius 2 is 1.83 bits per heavy atom. The molecule has 0 bridgehead atoms. The van der Waals surface area contributed by atoms with E-state index >= 15 is 0 Å². The molecule has 0 aromatic heterocycles. The highest BCUT2D eigenvalue weighted by molar-refractivity contribution is 5.75. The van der Waals surface area contributed by atoms with Crippen molar-refractivity contribution in [2.24, 2.45) is 0 Å². The van der Waals surface area contributed by atoms with E-state index in [1.807, 2.05) is 0 Å². The number of para-hydroxylation sites is 1. The monoisotopic (exact) mass is 243 g/mol. The molecule has 0 aliphatic carbocycles. The Kier molecular flexibility index (Phi) is 2.37. The maximum atomic E-state index is 11.0. The zero-order valence-electron chi connectivity index (χ0n) is 9.33. The summed E-state index contributed by atoms with van der Waals surface area (Å²) < 4.78 is 10.5. The largest absolute Gasteiger partial charge is 0.454 e. The Labute approximate surface area is 103 Å². The van der Waals surface area contributed by atoms with Gasteiger partial charge in [-0.15, -0.1) is 0 Å². The van der Waals surface area contributed by atoms with E-state index in [1.165, 1.54) is 6.07 Å². The van der Waals surface area contributed by atoms with Gasteiger partial charge in [-0.2, -0.15) is 0 Å². The smallest absolute Gasteiger partial charge is 0.277 e. The fraction of sp³-hybridized carbons (Fsp3) is 0.0769. The highest BCUT2D eigenvalue weighted by Gasteiger charge is 2.18. The summed E-state index contributed by atoms with van der Waals surface area (Å²) in [5, 5.41) is 11.0. The van der Waals surface area contributed by atoms with Gasteiger partial charge in [0.1, 0.15) is 0 Å². The third kappa shape index (κ3) is 1.66. The number of nitro groups is 1. The zero-order chi connectivity index (χ0) is 12.5. The van der Waals surface area contributed by atoms with E-state index in [0.29, 0.717) is 17.1 Å². The van der Waals surface area contributed by atoms with Crippen LogP contribution in [0.5, 0.6) is 11.5 Å². The fourth-order valence-corrected chi connectivity index (χ4v) is 1.94. The molecule has 0 amide bonds. The maximum absolute atomic E-state index is 11.0. The van der Waals surface area contributed by atoms with E-state index in [9.17, 15) is 10.1 Å². The molecule has 0 atom stereocenters. The van der Waals surface area contributed by atoms with Crippen molar-refractivity contribution in [3.8, 4) is 22.6 Å². The van der Waals surface area contributed by atoms with Gasteiger partial charge in [-0.05, 0) is 23.8 Å². The predicted molar refractivity (Wildman–Crippen MR) is 64.7 cm³/mol. The van der Waals surface area contributed by atoms with Gasteiger partial charge in [-0.3, -0.25) is 10.1 Å². The van der Waals surface area contributed by atoms with Gasteiger partial charge >= 0.3 is 0 Å². The lowest BCUT2D eigenvalue weighted by molar-refractivity contribution is -0.384. The first kappa shape index (κ1) is 10.6. The molecule has 0 saturated heterocycles. The minimum Gasteiger partial charge on any atom is -0.454 e. The van der Waals surface area contributed by atoms with Crippen molar-refractivity contribution in [1.82, 2.24) is 0 Å². The van der Waals surface area contributed by atoms with E-state index in [0.717, 1.165) is 5.56 Å². The molecule has 0 radical (unpaired) electrons. The lowest BCUT2D eigenvalue weighted by atomic mass is 10.0. The number of hydrogen-bond donors (Lipinski definition) is 0. The van der Waals surface area contributed by atoms with Crippen molar-refractivity contribution < 1.29 is 14.4 Å². The highest BCUT2D eigenvalue weighted by atomic mass is 16.7. The van der Waals surface area contributed by atoms with E-state index < -0.39 is 0 Å². The number of nitro benzene ring substituents is 1. The quantitative estimate of drug-likeness (QED) is 0.600. The minimum atomic E-state index is -0.389. The maximum Gasteiger partial charge on any atom is 0.277 e. The summed E-state index contributed by atoms with van der Waals surface area (Å²) in [5.74, 6) is 1.28. The lowest BCUT2D eigenvalue weighted by Gasteiger charge is -2.04. The Balaban J connectivity index is 2.13. The Morgan fingerprint density at radius 3 is 2.67 bits per heavy atom. The number of rotatable bonds is 2. The normalized spacial score (nSPS) is 12.4. The van der Waals surface area contributed by atoms with Gasteiger partial charge in [0, 0.05) is 6.07 Å². The van der Waals surface area contributed by atoms with Crippen molar-refractivity contribution in [1.29, 1.82) is 0 Å². The SMILES string of the molecule is O=[N+]([O-])c1ccccc1-c1ccc2c(c1)OCO2. The van der Waals surface area contributed by atoms with Crippen LogP contribution < -0.4 is 9.47 Å². The number of ether oxygens (including phenoxy) is 2. The van der Waals surface area contributed by atoms with Crippen molar-refractivity contribution in [3.63, 3.8) is 0 Å². The summed E-state index contributed by atoms with van der Waals surface area (Å²) >= 11 is 0. The van der Waals surface area contributed by atoms with Crippen molar-refractivity contribution in [2.45, 2.75) is 0 Å². The third-order valence-electron chi connectivity index (χ3n) is 2.78. The van der Waals surface area contributed by atoms with E-state index in [1.54, 1.807) is 36.4 Å². The number of nitrogens with zero attached hydrogens (tertiary/aromatic N) is 1. The average molecular weight is 243 g/mol. The topological polar surface area (TPSA) is 61.6 Å². The second-order valence-corrected chi connectivity index (χ2v) is 3.84. The lowest BCUT2D eigenvalue weighted by Crippen LogP contribution is -1.93. The molecule has 5 heteroatoms. The predicted octanol–water partition coefficient (Wildman–Crippen LogP) is 2.99. The van der Waals surface area contributed by atoms with Crippen LogP contribution in [-0.2, 0) is 0 Å². The molecular weight excluding hydrogens is 234 g/mol. The second-order valence-electron chi connectivity index (χ2n) is 3.84. The Hall–Kier alpha value is -2.56. The second kappa shape index (κ2) is 4.03. The van der Waals surface area contributed by atoms with Crippen LogP contribution >= 0.6 is 0 Å². The Bertz CT molecular complexity index is 624. The van der Waals surface area contributed by atoms with Crippen LogP contribution in [0.1, 0.15) is 0 Å². The molecule has 18 heavy (non-hydrogen) atoms. The first-order valence-electron chi connectivity index (χ1n) is 5.39. The first-order valence-corrected chi connectivity index (χ1v) is 5.39. The standard InChI is InChI=1S/C13H9NO4/c15-14(16)11-4-2-1-3-10(11)9-5-6-12-13(7-9)18-8-17-12/h1-7H,8H2. The molecule has 0 saturated carbocycles. The van der Waals surface area contributed by atoms with Crippen molar-refractivity contribution in [3.05, 3.63) is 52.6 Å². The first-order chi connectivity index (χ1) is 8.75. The average Bonchev–Trinajstić information content (AvgIpc) is 2.85. The Morgan fingerprint density at radius 1 is 1.06 bits per heavy atom. The van der Waals surface area contributed by atoms with Gasteiger partial charge in [0.15, 0.2) is 11.5 Å². The van der Waals surface area contributed by atoms with Crippen LogP contribution in [0.4, 0.5) is 5.69 Å². The summed E-state index contributed by atoms with van der Waals surface area (Å²) in [6.07, 6.45) is 0. The molecule has 2 aromatic carbocycles. The van der Waals surface area contributed by atoms with Crippen LogP contribution in [0.15, 0.2) is 42.5 Å². The summed E-state index contributed by atoms with van der Waals surface area (Å²) in [5.41, 5.74) is 1.39. The number of fused-ring (bicyclic) bond motifs is 1. The van der Waals surface area contributed by atoms with Crippen LogP contribution in [0.3, 0.4) is 0 Å². The molecule has 90 valence electrons. The van der Waals surface area contributed by atoms with Crippen molar-refractivity contribution in [2.75, 3.05) is 6.79 Å². The van der Waals surface area contributed by atoms with Gasteiger partial charge in [0.2, 0.25) is 6.79 Å². The van der Waals surface area contributed by atoms with E-state index in [2.05, 4.69) is 0 Å². The van der Waals surface area contributed by atoms with Gasteiger partial charge in [0.05, 0.1) is 10.5 Å². The van der Waals surface area contributed by atoms with Gasteiger partial charge < -0.3 is 9.47 Å². The highest BCUT2D eigenvalue weighted by Crippen LogP contribution is 2.38. The molecule has 0 spiro atoms. The molecule has 0 N–H and O–H groups in total. The molecule has 1 aliphatic heterocycles. The summed E-state index contributed by atoms with van der Waals surface area (Å²) in [7, 11) is 0. The summed E-state index contributed by atoms with van der Waals surface area (Å²) in [6, 6.07) is 11.9. The molecule has 5 nitrogen and oxygen atoms in total. The van der Waals surface area contributed by atoms with Crippen LogP contribution in [0.2, 0.25) is 0 Å². The van der Waals surface area contributed by atoms with Crippen molar-refractivity contribution >= 4 is 5.69 Å². The molecular formula is C13H9NO4. The van der Waals surface area contributed by atoms with E-state index in [-0.39, 0.29) is 17.4 Å². The minimum absolute atomic E-state index is 0.0800. The summed E-state index contributed by atoms with van der Waals surface area (Å²) in [6.45, 7) is 0.190. The van der Waals surface area contributed by atoms with Gasteiger partial charge in [-0.25, -0.2) is 0 Å². The number of benzene rings is 2. The van der Waals surface area contributed by atoms with Crippen LogP contribution in [-0.4, -0.2) is 11.7 Å². The zero-order valence-corrected chi connectivity index (χ0v) is 9.33. The molecule has 1 heterocycles. The molecule has 0 unspecified atom stereocenters.